The van der Waals surface area contributed by atoms with E-state index in [1.54, 1.807) is 26.0 Å². The summed E-state index contributed by atoms with van der Waals surface area (Å²) in [5.74, 6) is 4.58. The number of methoxy groups -OCH3 is 2. The fourth-order valence-electron chi connectivity index (χ4n) is 3.03. The van der Waals surface area contributed by atoms with Crippen LogP contribution in [0.5, 0.6) is 23.0 Å². The molecule has 7 nitrogen and oxygen atoms in total. The van der Waals surface area contributed by atoms with E-state index < -0.39 is 0 Å². The Bertz CT molecular complexity index is 967. The van der Waals surface area contributed by atoms with Gasteiger partial charge in [-0.05, 0) is 42.8 Å². The first-order valence-corrected chi connectivity index (χ1v) is 9.88. The van der Waals surface area contributed by atoms with Gasteiger partial charge in [0.2, 0.25) is 6.79 Å². The van der Waals surface area contributed by atoms with Crippen molar-refractivity contribution in [3.8, 4) is 34.4 Å². The molecule has 0 bridgehead atoms. The van der Waals surface area contributed by atoms with Crippen molar-refractivity contribution in [2.75, 3.05) is 21.0 Å². The normalized spacial score (nSPS) is 12.2. The van der Waals surface area contributed by atoms with Gasteiger partial charge in [0, 0.05) is 23.9 Å². The number of nitrogens with zero attached hydrogens (tertiary/aromatic N) is 3. The van der Waals surface area contributed by atoms with Gasteiger partial charge in [-0.15, -0.1) is 10.2 Å². The first kappa shape index (κ1) is 18.5. The molecule has 0 unspecified atom stereocenters. The van der Waals surface area contributed by atoms with Gasteiger partial charge in [0.15, 0.2) is 22.5 Å². The highest BCUT2D eigenvalue weighted by Gasteiger charge is 2.18. The number of rotatable bonds is 7. The summed E-state index contributed by atoms with van der Waals surface area (Å²) in [6, 6.07) is 11.7. The molecule has 3 aromatic rings. The maximum absolute atomic E-state index is 5.48. The van der Waals surface area contributed by atoms with Gasteiger partial charge in [0.1, 0.15) is 11.5 Å². The minimum absolute atomic E-state index is 0.254. The van der Waals surface area contributed by atoms with Gasteiger partial charge in [0.05, 0.1) is 14.2 Å². The summed E-state index contributed by atoms with van der Waals surface area (Å²) in [5.41, 5.74) is 2.05. The second-order valence-electron chi connectivity index (χ2n) is 6.13. The van der Waals surface area contributed by atoms with E-state index in [2.05, 4.69) is 21.7 Å². The predicted molar refractivity (Wildman–Crippen MR) is 106 cm³/mol. The molecule has 2 heterocycles. The molecule has 8 heteroatoms. The van der Waals surface area contributed by atoms with E-state index in [1.807, 2.05) is 36.4 Å². The number of fused-ring (bicyclic) bond motifs is 1. The monoisotopic (exact) mass is 399 g/mol. The highest BCUT2D eigenvalue weighted by atomic mass is 32.2. The van der Waals surface area contributed by atoms with E-state index in [1.165, 1.54) is 0 Å². The van der Waals surface area contributed by atoms with Gasteiger partial charge in [-0.3, -0.25) is 0 Å². The van der Waals surface area contributed by atoms with Gasteiger partial charge < -0.3 is 23.5 Å². The van der Waals surface area contributed by atoms with Crippen molar-refractivity contribution in [3.05, 3.63) is 42.0 Å². The zero-order valence-corrected chi connectivity index (χ0v) is 16.8. The van der Waals surface area contributed by atoms with Crippen molar-refractivity contribution < 1.29 is 18.9 Å². The van der Waals surface area contributed by atoms with Crippen molar-refractivity contribution in [2.45, 2.75) is 24.4 Å². The molecule has 146 valence electrons. The Kier molecular flexibility index (Phi) is 5.29. The lowest BCUT2D eigenvalue weighted by Crippen LogP contribution is -2.00. The summed E-state index contributed by atoms with van der Waals surface area (Å²) in [4.78, 5) is 0. The van der Waals surface area contributed by atoms with Crippen molar-refractivity contribution in [1.29, 1.82) is 0 Å². The average Bonchev–Trinajstić information content (AvgIpc) is 3.37. The summed E-state index contributed by atoms with van der Waals surface area (Å²) in [6.07, 6.45) is 0. The number of aromatic nitrogens is 3. The zero-order chi connectivity index (χ0) is 19.5. The van der Waals surface area contributed by atoms with Crippen LogP contribution in [0.1, 0.15) is 12.5 Å². The highest BCUT2D eigenvalue weighted by molar-refractivity contribution is 7.98. The van der Waals surface area contributed by atoms with E-state index in [0.29, 0.717) is 0 Å². The van der Waals surface area contributed by atoms with Crippen molar-refractivity contribution in [2.24, 2.45) is 0 Å². The average molecular weight is 399 g/mol. The standard InChI is InChI=1S/C20H21N3O4S/c1-4-23-19(14-5-6-17-18(9-14)27-12-26-17)21-22-20(23)28-11-13-7-15(24-2)10-16(8-13)25-3/h5-10H,4,11-12H2,1-3H3. The lowest BCUT2D eigenvalue weighted by molar-refractivity contribution is 0.174. The molecule has 0 atom stereocenters. The molecule has 0 radical (unpaired) electrons. The molecule has 1 aromatic heterocycles. The molecule has 1 aliphatic heterocycles. The summed E-state index contributed by atoms with van der Waals surface area (Å²) < 4.78 is 23.7. The topological polar surface area (TPSA) is 67.6 Å². The van der Waals surface area contributed by atoms with Crippen LogP contribution in [0, 0.1) is 0 Å². The third-order valence-corrected chi connectivity index (χ3v) is 5.48. The fourth-order valence-corrected chi connectivity index (χ4v) is 3.96. The highest BCUT2D eigenvalue weighted by Crippen LogP contribution is 2.36. The van der Waals surface area contributed by atoms with Crippen LogP contribution in [0.3, 0.4) is 0 Å². The molecular weight excluding hydrogens is 378 g/mol. The van der Waals surface area contributed by atoms with E-state index in [-0.39, 0.29) is 6.79 Å². The molecule has 0 saturated carbocycles. The summed E-state index contributed by atoms with van der Waals surface area (Å²) in [6.45, 7) is 3.10. The predicted octanol–water partition coefficient (Wildman–Crippen LogP) is 4.00. The fraction of sp³-hybridized carbons (Fsp3) is 0.300. The second-order valence-corrected chi connectivity index (χ2v) is 7.07. The summed E-state index contributed by atoms with van der Waals surface area (Å²) in [7, 11) is 3.30. The summed E-state index contributed by atoms with van der Waals surface area (Å²) in [5, 5.41) is 9.67. The Balaban J connectivity index is 1.57. The van der Waals surface area contributed by atoms with Gasteiger partial charge >= 0.3 is 0 Å². The summed E-state index contributed by atoms with van der Waals surface area (Å²) >= 11 is 1.63. The quantitative estimate of drug-likeness (QED) is 0.556. The third kappa shape index (κ3) is 3.60. The molecule has 0 amide bonds. The van der Waals surface area contributed by atoms with Gasteiger partial charge in [-0.25, -0.2) is 0 Å². The van der Waals surface area contributed by atoms with Gasteiger partial charge in [-0.2, -0.15) is 0 Å². The molecular formula is C20H21N3O4S. The number of hydrogen-bond donors (Lipinski definition) is 0. The molecule has 0 spiro atoms. The largest absolute Gasteiger partial charge is 0.497 e. The Morgan fingerprint density at radius 1 is 1.00 bits per heavy atom. The molecule has 0 N–H and O–H groups in total. The number of benzene rings is 2. The first-order chi connectivity index (χ1) is 13.7. The molecule has 2 aromatic carbocycles. The Morgan fingerprint density at radius 2 is 1.75 bits per heavy atom. The maximum atomic E-state index is 5.48. The van der Waals surface area contributed by atoms with E-state index in [0.717, 1.165) is 57.4 Å². The minimum atomic E-state index is 0.254. The van der Waals surface area contributed by atoms with Crippen LogP contribution in [0.2, 0.25) is 0 Å². The lowest BCUT2D eigenvalue weighted by atomic mass is 10.2. The van der Waals surface area contributed by atoms with E-state index in [4.69, 9.17) is 18.9 Å². The molecule has 1 aliphatic rings. The van der Waals surface area contributed by atoms with Crippen molar-refractivity contribution in [3.63, 3.8) is 0 Å². The maximum Gasteiger partial charge on any atom is 0.231 e. The van der Waals surface area contributed by atoms with Crippen LogP contribution in [0.15, 0.2) is 41.6 Å². The van der Waals surface area contributed by atoms with Crippen molar-refractivity contribution in [1.82, 2.24) is 14.8 Å². The van der Waals surface area contributed by atoms with Crippen LogP contribution in [0.4, 0.5) is 0 Å². The second kappa shape index (κ2) is 8.02. The SMILES string of the molecule is CCn1c(SCc2cc(OC)cc(OC)c2)nnc1-c1ccc2c(c1)OCO2. The van der Waals surface area contributed by atoms with E-state index >= 15 is 0 Å². The molecule has 0 fully saturated rings. The molecule has 28 heavy (non-hydrogen) atoms. The van der Waals surface area contributed by atoms with Crippen LogP contribution in [-0.4, -0.2) is 35.8 Å². The number of ether oxygens (including phenoxy) is 4. The zero-order valence-electron chi connectivity index (χ0n) is 16.0. The molecule has 0 saturated heterocycles. The lowest BCUT2D eigenvalue weighted by Gasteiger charge is -2.10. The van der Waals surface area contributed by atoms with Crippen LogP contribution in [-0.2, 0) is 12.3 Å². The van der Waals surface area contributed by atoms with Crippen LogP contribution >= 0.6 is 11.8 Å². The first-order valence-electron chi connectivity index (χ1n) is 8.89. The van der Waals surface area contributed by atoms with Crippen LogP contribution < -0.4 is 18.9 Å². The smallest absolute Gasteiger partial charge is 0.231 e. The number of hydrogen-bond acceptors (Lipinski definition) is 7. The molecule has 0 aliphatic carbocycles. The Morgan fingerprint density at radius 3 is 2.46 bits per heavy atom. The van der Waals surface area contributed by atoms with Gasteiger partial charge in [0.25, 0.3) is 0 Å². The van der Waals surface area contributed by atoms with E-state index in [9.17, 15) is 0 Å². The van der Waals surface area contributed by atoms with Crippen LogP contribution in [0.25, 0.3) is 11.4 Å². The number of thioether (sulfide) groups is 1. The molecule has 4 rings (SSSR count). The third-order valence-electron chi connectivity index (χ3n) is 4.44. The minimum Gasteiger partial charge on any atom is -0.497 e. The van der Waals surface area contributed by atoms with Gasteiger partial charge in [-0.1, -0.05) is 11.8 Å². The van der Waals surface area contributed by atoms with Crippen molar-refractivity contribution >= 4 is 11.8 Å². The Labute approximate surface area is 167 Å². The Hall–Kier alpha value is -2.87.